The molecule has 0 bridgehead atoms. The van der Waals surface area contributed by atoms with E-state index in [2.05, 4.69) is 34.5 Å². The van der Waals surface area contributed by atoms with E-state index in [4.69, 9.17) is 0 Å². The fourth-order valence-electron chi connectivity index (χ4n) is 3.02. The Bertz CT molecular complexity index is 294. The van der Waals surface area contributed by atoms with E-state index in [0.717, 1.165) is 32.6 Å². The number of rotatable bonds is 6. The molecular weight excluding hydrogens is 252 g/mol. The minimum atomic E-state index is 0.204. The summed E-state index contributed by atoms with van der Waals surface area (Å²) in [7, 11) is 4.25. The fourth-order valence-corrected chi connectivity index (χ4v) is 3.02. The van der Waals surface area contributed by atoms with E-state index in [9.17, 15) is 4.79 Å². The first kappa shape index (κ1) is 15.7. The molecule has 0 aromatic rings. The minimum Gasteiger partial charge on any atom is -0.356 e. The first-order valence-corrected chi connectivity index (χ1v) is 8.00. The highest BCUT2D eigenvalue weighted by molar-refractivity contribution is 5.79. The van der Waals surface area contributed by atoms with Crippen molar-refractivity contribution < 1.29 is 4.79 Å². The number of nitrogens with one attached hydrogen (secondary N) is 2. The fraction of sp³-hybridized carbons (Fsp3) is 0.933. The monoisotopic (exact) mass is 282 g/mol. The van der Waals surface area contributed by atoms with E-state index in [0.29, 0.717) is 5.92 Å². The summed E-state index contributed by atoms with van der Waals surface area (Å²) in [6.45, 7) is 7.38. The number of hydrogen-bond acceptors (Lipinski definition) is 4. The van der Waals surface area contributed by atoms with Gasteiger partial charge in [-0.15, -0.1) is 0 Å². The van der Waals surface area contributed by atoms with Crippen LogP contribution in [-0.2, 0) is 4.79 Å². The summed E-state index contributed by atoms with van der Waals surface area (Å²) in [4.78, 5) is 16.7. The van der Waals surface area contributed by atoms with Gasteiger partial charge in [0.05, 0.1) is 5.92 Å². The number of likely N-dealkylation sites (N-methyl/N-ethyl adjacent to an activating group) is 1. The molecular formula is C15H30N4O. The van der Waals surface area contributed by atoms with Gasteiger partial charge >= 0.3 is 0 Å². The molecule has 1 unspecified atom stereocenters. The van der Waals surface area contributed by atoms with Gasteiger partial charge in [-0.25, -0.2) is 0 Å². The van der Waals surface area contributed by atoms with E-state index in [1.54, 1.807) is 0 Å². The molecule has 0 aliphatic carbocycles. The second kappa shape index (κ2) is 7.96. The summed E-state index contributed by atoms with van der Waals surface area (Å²) in [5, 5.41) is 6.40. The highest BCUT2D eigenvalue weighted by Crippen LogP contribution is 2.16. The average molecular weight is 282 g/mol. The zero-order valence-electron chi connectivity index (χ0n) is 13.0. The van der Waals surface area contributed by atoms with Crippen molar-refractivity contribution in [2.45, 2.75) is 19.3 Å². The van der Waals surface area contributed by atoms with Gasteiger partial charge in [-0.2, -0.15) is 0 Å². The maximum Gasteiger partial charge on any atom is 0.224 e. The molecule has 0 spiro atoms. The lowest BCUT2D eigenvalue weighted by Gasteiger charge is -2.32. The normalized spacial score (nSPS) is 25.2. The first-order chi connectivity index (χ1) is 9.65. The number of carbonyl (C=O) groups excluding carboxylic acids is 1. The van der Waals surface area contributed by atoms with E-state index < -0.39 is 0 Å². The smallest absolute Gasteiger partial charge is 0.224 e. The third-order valence-electron chi connectivity index (χ3n) is 4.57. The van der Waals surface area contributed by atoms with E-state index in [1.807, 2.05) is 0 Å². The van der Waals surface area contributed by atoms with Gasteiger partial charge in [-0.3, -0.25) is 4.79 Å². The van der Waals surface area contributed by atoms with Crippen molar-refractivity contribution in [1.82, 2.24) is 20.4 Å². The number of amides is 1. The molecule has 1 amide bonds. The second-order valence-electron chi connectivity index (χ2n) is 6.52. The molecule has 2 fully saturated rings. The van der Waals surface area contributed by atoms with Crippen LogP contribution in [0.4, 0.5) is 0 Å². The summed E-state index contributed by atoms with van der Waals surface area (Å²) in [5.74, 6) is 1.13. The predicted molar refractivity (Wildman–Crippen MR) is 81.7 cm³/mol. The molecule has 0 saturated carbocycles. The molecule has 5 nitrogen and oxygen atoms in total. The Morgan fingerprint density at radius 3 is 2.65 bits per heavy atom. The van der Waals surface area contributed by atoms with Crippen molar-refractivity contribution in [3.05, 3.63) is 0 Å². The Morgan fingerprint density at radius 2 is 2.05 bits per heavy atom. The van der Waals surface area contributed by atoms with Gasteiger partial charge in [0.1, 0.15) is 0 Å². The van der Waals surface area contributed by atoms with Gasteiger partial charge in [0.15, 0.2) is 0 Å². The van der Waals surface area contributed by atoms with Crippen LogP contribution in [0.2, 0.25) is 0 Å². The SMILES string of the molecule is CN(C)CCN1CCC(CNC(=O)C2CCNC2)CC1. The lowest BCUT2D eigenvalue weighted by molar-refractivity contribution is -0.124. The van der Waals surface area contributed by atoms with Crippen molar-refractivity contribution >= 4 is 5.91 Å². The maximum absolute atomic E-state index is 12.0. The van der Waals surface area contributed by atoms with Crippen LogP contribution in [-0.4, -0.2) is 75.6 Å². The molecule has 2 saturated heterocycles. The third-order valence-corrected chi connectivity index (χ3v) is 4.57. The summed E-state index contributed by atoms with van der Waals surface area (Å²) in [6.07, 6.45) is 3.43. The van der Waals surface area contributed by atoms with Crippen LogP contribution in [0, 0.1) is 11.8 Å². The van der Waals surface area contributed by atoms with Gasteiger partial charge in [-0.1, -0.05) is 0 Å². The number of likely N-dealkylation sites (tertiary alicyclic amines) is 1. The Balaban J connectivity index is 1.58. The van der Waals surface area contributed by atoms with Crippen molar-refractivity contribution in [3.63, 3.8) is 0 Å². The molecule has 2 N–H and O–H groups in total. The Kier molecular flexibility index (Phi) is 6.26. The quantitative estimate of drug-likeness (QED) is 0.719. The van der Waals surface area contributed by atoms with Crippen LogP contribution in [0.1, 0.15) is 19.3 Å². The predicted octanol–water partition coefficient (Wildman–Crippen LogP) is -0.0143. The molecule has 2 aliphatic heterocycles. The van der Waals surface area contributed by atoms with Gasteiger partial charge in [-0.05, 0) is 58.9 Å². The molecule has 5 heteroatoms. The Morgan fingerprint density at radius 1 is 1.30 bits per heavy atom. The number of hydrogen-bond donors (Lipinski definition) is 2. The summed E-state index contributed by atoms with van der Waals surface area (Å²) >= 11 is 0. The Hall–Kier alpha value is -0.650. The topological polar surface area (TPSA) is 47.6 Å². The first-order valence-electron chi connectivity index (χ1n) is 8.00. The van der Waals surface area contributed by atoms with Crippen molar-refractivity contribution in [3.8, 4) is 0 Å². The molecule has 2 aliphatic rings. The summed E-state index contributed by atoms with van der Waals surface area (Å²) in [5.41, 5.74) is 0. The van der Waals surface area contributed by atoms with Crippen molar-refractivity contribution in [1.29, 1.82) is 0 Å². The van der Waals surface area contributed by atoms with Gasteiger partial charge < -0.3 is 20.4 Å². The summed E-state index contributed by atoms with van der Waals surface area (Å²) < 4.78 is 0. The zero-order valence-corrected chi connectivity index (χ0v) is 13.0. The van der Waals surface area contributed by atoms with E-state index >= 15 is 0 Å². The number of carbonyl (C=O) groups is 1. The van der Waals surface area contributed by atoms with E-state index in [1.165, 1.54) is 32.5 Å². The van der Waals surface area contributed by atoms with Crippen LogP contribution in [0.5, 0.6) is 0 Å². The maximum atomic E-state index is 12.0. The second-order valence-corrected chi connectivity index (χ2v) is 6.52. The van der Waals surface area contributed by atoms with Crippen LogP contribution < -0.4 is 10.6 Å². The standard InChI is InChI=1S/C15H30N4O/c1-18(2)9-10-19-7-4-13(5-8-19)11-17-15(20)14-3-6-16-12-14/h13-14,16H,3-12H2,1-2H3,(H,17,20). The van der Waals surface area contributed by atoms with Gasteiger partial charge in [0.25, 0.3) is 0 Å². The molecule has 0 aromatic heterocycles. The Labute approximate surface area is 123 Å². The molecule has 2 heterocycles. The number of nitrogens with zero attached hydrogens (tertiary/aromatic N) is 2. The van der Waals surface area contributed by atoms with Crippen molar-refractivity contribution in [2.75, 3.05) is 59.9 Å². The average Bonchev–Trinajstić information content (AvgIpc) is 2.98. The lowest BCUT2D eigenvalue weighted by atomic mass is 9.96. The largest absolute Gasteiger partial charge is 0.356 e. The lowest BCUT2D eigenvalue weighted by Crippen LogP contribution is -2.42. The van der Waals surface area contributed by atoms with Crippen LogP contribution in [0.15, 0.2) is 0 Å². The molecule has 0 radical (unpaired) electrons. The molecule has 0 aromatic carbocycles. The zero-order chi connectivity index (χ0) is 14.4. The van der Waals surface area contributed by atoms with Crippen LogP contribution in [0.3, 0.4) is 0 Å². The van der Waals surface area contributed by atoms with Gasteiger partial charge in [0.2, 0.25) is 5.91 Å². The molecule has 20 heavy (non-hydrogen) atoms. The summed E-state index contributed by atoms with van der Waals surface area (Å²) in [6, 6.07) is 0. The third kappa shape index (κ3) is 5.04. The molecule has 116 valence electrons. The van der Waals surface area contributed by atoms with Gasteiger partial charge in [0, 0.05) is 26.2 Å². The van der Waals surface area contributed by atoms with E-state index in [-0.39, 0.29) is 11.8 Å². The van der Waals surface area contributed by atoms with Crippen molar-refractivity contribution in [2.24, 2.45) is 11.8 Å². The van der Waals surface area contributed by atoms with Crippen LogP contribution >= 0.6 is 0 Å². The highest BCUT2D eigenvalue weighted by Gasteiger charge is 2.24. The highest BCUT2D eigenvalue weighted by atomic mass is 16.1. The molecule has 2 rings (SSSR count). The van der Waals surface area contributed by atoms with Crippen LogP contribution in [0.25, 0.3) is 0 Å². The molecule has 1 atom stereocenters. The minimum absolute atomic E-state index is 0.204. The number of piperidine rings is 1.